The molecule has 100 valence electrons. The Morgan fingerprint density at radius 1 is 1.44 bits per heavy atom. The summed E-state index contributed by atoms with van der Waals surface area (Å²) in [4.78, 5) is 23.2. The third-order valence-electron chi connectivity index (χ3n) is 2.10. The molecule has 4 N–H and O–H groups in total. The number of aromatic nitrogens is 3. The molecule has 0 radical (unpaired) electrons. The summed E-state index contributed by atoms with van der Waals surface area (Å²) >= 11 is 0. The van der Waals surface area contributed by atoms with E-state index >= 15 is 0 Å². The van der Waals surface area contributed by atoms with Gasteiger partial charge in [0.05, 0.1) is 7.11 Å². The molecule has 8 heteroatoms. The summed E-state index contributed by atoms with van der Waals surface area (Å²) in [5, 5.41) is 5.59. The van der Waals surface area contributed by atoms with Gasteiger partial charge in [-0.15, -0.1) is 0 Å². The molecular formula is C10H18N6O2. The normalized spacial score (nSPS) is 11.7. The predicted octanol–water partition coefficient (Wildman–Crippen LogP) is -0.211. The number of nitrogen functional groups attached to an aromatic ring is 1. The molecule has 0 aliphatic heterocycles. The summed E-state index contributed by atoms with van der Waals surface area (Å²) in [6.45, 7) is 4.32. The molecule has 0 aromatic carbocycles. The largest absolute Gasteiger partial charge is 0.467 e. The molecule has 8 nitrogen and oxygen atoms in total. The van der Waals surface area contributed by atoms with Gasteiger partial charge in [-0.25, -0.2) is 0 Å². The van der Waals surface area contributed by atoms with Gasteiger partial charge in [-0.1, -0.05) is 6.92 Å². The topological polar surface area (TPSA) is 115 Å². The fourth-order valence-corrected chi connectivity index (χ4v) is 1.19. The van der Waals surface area contributed by atoms with Crippen LogP contribution in [-0.2, 0) is 4.79 Å². The van der Waals surface area contributed by atoms with Crippen LogP contribution in [0, 0.1) is 0 Å². The molecule has 1 rings (SSSR count). The van der Waals surface area contributed by atoms with Gasteiger partial charge in [0.25, 0.3) is 0 Å². The van der Waals surface area contributed by atoms with Gasteiger partial charge in [0.1, 0.15) is 6.04 Å². The number of hydrogen-bond donors (Lipinski definition) is 3. The van der Waals surface area contributed by atoms with Crippen LogP contribution in [0.5, 0.6) is 6.01 Å². The lowest BCUT2D eigenvalue weighted by molar-refractivity contribution is -0.121. The maximum atomic E-state index is 11.6. The standard InChI is InChI=1S/C10H18N6O2/c1-4-5-12-7(17)6(2)13-9-14-8(11)15-10(16-9)18-3/h6H,4-5H2,1-3H3,(H,12,17)(H3,11,13,14,15,16). The lowest BCUT2D eigenvalue weighted by Gasteiger charge is -2.13. The van der Waals surface area contributed by atoms with Crippen LogP contribution in [0.1, 0.15) is 20.3 Å². The highest BCUT2D eigenvalue weighted by Gasteiger charge is 2.14. The molecule has 0 aliphatic rings. The minimum absolute atomic E-state index is 0.0329. The van der Waals surface area contributed by atoms with Crippen molar-refractivity contribution in [1.29, 1.82) is 0 Å². The molecule has 1 aromatic heterocycles. The number of anilines is 2. The summed E-state index contributed by atoms with van der Waals surface area (Å²) < 4.78 is 4.86. The first kappa shape index (κ1) is 13.9. The van der Waals surface area contributed by atoms with E-state index in [1.54, 1.807) is 6.92 Å². The maximum Gasteiger partial charge on any atom is 0.322 e. The number of nitrogens with zero attached hydrogens (tertiary/aromatic N) is 3. The molecule has 0 bridgehead atoms. The number of amides is 1. The number of carbonyl (C=O) groups excluding carboxylic acids is 1. The zero-order valence-corrected chi connectivity index (χ0v) is 10.7. The van der Waals surface area contributed by atoms with E-state index in [9.17, 15) is 4.79 Å². The van der Waals surface area contributed by atoms with Gasteiger partial charge >= 0.3 is 6.01 Å². The van der Waals surface area contributed by atoms with E-state index in [0.717, 1.165) is 6.42 Å². The van der Waals surface area contributed by atoms with E-state index in [4.69, 9.17) is 10.5 Å². The predicted molar refractivity (Wildman–Crippen MR) is 67.2 cm³/mol. The highest BCUT2D eigenvalue weighted by atomic mass is 16.5. The van der Waals surface area contributed by atoms with E-state index in [-0.39, 0.29) is 23.8 Å². The molecular weight excluding hydrogens is 236 g/mol. The van der Waals surface area contributed by atoms with Gasteiger partial charge < -0.3 is 21.1 Å². The third kappa shape index (κ3) is 4.04. The van der Waals surface area contributed by atoms with Crippen LogP contribution in [0.4, 0.5) is 11.9 Å². The van der Waals surface area contributed by atoms with Crippen molar-refractivity contribution >= 4 is 17.8 Å². The third-order valence-corrected chi connectivity index (χ3v) is 2.10. The maximum absolute atomic E-state index is 11.6. The summed E-state index contributed by atoms with van der Waals surface area (Å²) in [6.07, 6.45) is 0.880. The Bertz CT molecular complexity index is 411. The molecule has 18 heavy (non-hydrogen) atoms. The van der Waals surface area contributed by atoms with Crippen molar-refractivity contribution in [3.05, 3.63) is 0 Å². The van der Waals surface area contributed by atoms with Crippen molar-refractivity contribution in [1.82, 2.24) is 20.3 Å². The van der Waals surface area contributed by atoms with Crippen LogP contribution >= 0.6 is 0 Å². The van der Waals surface area contributed by atoms with Crippen molar-refractivity contribution in [2.24, 2.45) is 0 Å². The van der Waals surface area contributed by atoms with Gasteiger partial charge in [0, 0.05) is 6.54 Å². The van der Waals surface area contributed by atoms with Crippen molar-refractivity contribution < 1.29 is 9.53 Å². The Kier molecular flexibility index (Phi) is 5.09. The van der Waals surface area contributed by atoms with Crippen LogP contribution < -0.4 is 21.1 Å². The Hall–Kier alpha value is -2.12. The van der Waals surface area contributed by atoms with Crippen molar-refractivity contribution in [3.8, 4) is 6.01 Å². The lowest BCUT2D eigenvalue weighted by atomic mass is 10.3. The molecule has 1 aromatic rings. The number of nitrogens with two attached hydrogens (primary N) is 1. The van der Waals surface area contributed by atoms with Crippen LogP contribution in [-0.4, -0.2) is 40.6 Å². The molecule has 0 aliphatic carbocycles. The highest BCUT2D eigenvalue weighted by Crippen LogP contribution is 2.09. The van der Waals surface area contributed by atoms with E-state index in [1.165, 1.54) is 7.11 Å². The SMILES string of the molecule is CCCNC(=O)C(C)Nc1nc(N)nc(OC)n1. The summed E-state index contributed by atoms with van der Waals surface area (Å²) in [6, 6.07) is -0.366. The van der Waals surface area contributed by atoms with Gasteiger partial charge in [0.2, 0.25) is 17.8 Å². The first-order chi connectivity index (χ1) is 8.56. The summed E-state index contributed by atoms with van der Waals surface area (Å²) in [5.74, 6) is 0.110. The number of methoxy groups -OCH3 is 1. The Morgan fingerprint density at radius 3 is 2.78 bits per heavy atom. The second-order valence-electron chi connectivity index (χ2n) is 3.66. The second-order valence-corrected chi connectivity index (χ2v) is 3.66. The molecule has 1 amide bonds. The quantitative estimate of drug-likeness (QED) is 0.643. The average Bonchev–Trinajstić information content (AvgIpc) is 2.34. The van der Waals surface area contributed by atoms with Crippen molar-refractivity contribution in [2.45, 2.75) is 26.3 Å². The lowest BCUT2D eigenvalue weighted by Crippen LogP contribution is -2.38. The van der Waals surface area contributed by atoms with Crippen LogP contribution in [0.2, 0.25) is 0 Å². The first-order valence-electron chi connectivity index (χ1n) is 5.66. The molecule has 0 saturated heterocycles. The summed E-state index contributed by atoms with van der Waals surface area (Å²) in [7, 11) is 1.43. The first-order valence-corrected chi connectivity index (χ1v) is 5.66. The highest BCUT2D eigenvalue weighted by molar-refractivity contribution is 5.83. The van der Waals surface area contributed by atoms with Gasteiger partial charge in [-0.3, -0.25) is 4.79 Å². The van der Waals surface area contributed by atoms with Gasteiger partial charge in [-0.05, 0) is 13.3 Å². The molecule has 1 heterocycles. The fourth-order valence-electron chi connectivity index (χ4n) is 1.19. The minimum Gasteiger partial charge on any atom is -0.467 e. The Labute approximate surface area is 105 Å². The Balaban J connectivity index is 2.66. The number of nitrogens with one attached hydrogen (secondary N) is 2. The molecule has 0 spiro atoms. The van der Waals surface area contributed by atoms with E-state index in [2.05, 4.69) is 25.6 Å². The van der Waals surface area contributed by atoms with Crippen LogP contribution in [0.3, 0.4) is 0 Å². The van der Waals surface area contributed by atoms with Crippen molar-refractivity contribution in [3.63, 3.8) is 0 Å². The minimum atomic E-state index is -0.469. The van der Waals surface area contributed by atoms with E-state index in [0.29, 0.717) is 6.54 Å². The molecule has 1 atom stereocenters. The number of ether oxygens (including phenoxy) is 1. The number of carbonyl (C=O) groups is 1. The van der Waals surface area contributed by atoms with E-state index < -0.39 is 6.04 Å². The zero-order valence-electron chi connectivity index (χ0n) is 10.7. The second kappa shape index (κ2) is 6.58. The van der Waals surface area contributed by atoms with Crippen molar-refractivity contribution in [2.75, 3.05) is 24.7 Å². The fraction of sp³-hybridized carbons (Fsp3) is 0.600. The van der Waals surface area contributed by atoms with Crippen LogP contribution in [0.15, 0.2) is 0 Å². The monoisotopic (exact) mass is 254 g/mol. The molecule has 1 unspecified atom stereocenters. The summed E-state index contributed by atoms with van der Waals surface area (Å²) in [5.41, 5.74) is 5.48. The van der Waals surface area contributed by atoms with Gasteiger partial charge in [0.15, 0.2) is 0 Å². The van der Waals surface area contributed by atoms with Crippen LogP contribution in [0.25, 0.3) is 0 Å². The smallest absolute Gasteiger partial charge is 0.322 e. The molecule has 0 fully saturated rings. The molecule has 0 saturated carbocycles. The number of rotatable bonds is 6. The number of hydrogen-bond acceptors (Lipinski definition) is 7. The Morgan fingerprint density at radius 2 is 2.17 bits per heavy atom. The van der Waals surface area contributed by atoms with Gasteiger partial charge in [-0.2, -0.15) is 15.0 Å². The van der Waals surface area contributed by atoms with E-state index in [1.807, 2.05) is 6.92 Å². The zero-order chi connectivity index (χ0) is 13.5. The average molecular weight is 254 g/mol.